The molecule has 7 heteroatoms. The van der Waals surface area contributed by atoms with Crippen molar-refractivity contribution in [2.75, 3.05) is 0 Å². The van der Waals surface area contributed by atoms with Gasteiger partial charge in [0.15, 0.2) is 11.5 Å². The summed E-state index contributed by atoms with van der Waals surface area (Å²) in [5.41, 5.74) is 2.69. The third kappa shape index (κ3) is 3.36. The lowest BCUT2D eigenvalue weighted by atomic mass is 10.2. The first-order valence-electron chi connectivity index (χ1n) is 8.81. The number of hydrogen-bond donors (Lipinski definition) is 1. The number of rotatable bonds is 5. The summed E-state index contributed by atoms with van der Waals surface area (Å²) in [6.07, 6.45) is 3.87. The van der Waals surface area contributed by atoms with Crippen molar-refractivity contribution in [2.24, 2.45) is 0 Å². The molecule has 0 aliphatic carbocycles. The molecule has 1 N–H and O–H groups in total. The highest BCUT2D eigenvalue weighted by molar-refractivity contribution is 5.88. The Morgan fingerprint density at radius 1 is 1.19 bits per heavy atom. The van der Waals surface area contributed by atoms with Crippen molar-refractivity contribution < 1.29 is 9.21 Å². The van der Waals surface area contributed by atoms with E-state index in [1.165, 1.54) is 0 Å². The van der Waals surface area contributed by atoms with Crippen molar-refractivity contribution >= 4 is 16.9 Å². The van der Waals surface area contributed by atoms with Gasteiger partial charge in [-0.2, -0.15) is 5.10 Å². The van der Waals surface area contributed by atoms with Crippen LogP contribution in [0.4, 0.5) is 0 Å². The maximum absolute atomic E-state index is 12.5. The Labute approximate surface area is 156 Å². The van der Waals surface area contributed by atoms with E-state index in [0.717, 1.165) is 34.0 Å². The molecule has 27 heavy (non-hydrogen) atoms. The Hall–Kier alpha value is -3.35. The molecular weight excluding hydrogens is 342 g/mol. The first kappa shape index (κ1) is 17.1. The summed E-state index contributed by atoms with van der Waals surface area (Å²) < 4.78 is 9.08. The molecule has 1 amide bonds. The molecular formula is C20H21N5O2. The van der Waals surface area contributed by atoms with E-state index in [1.54, 1.807) is 4.68 Å². The van der Waals surface area contributed by atoms with Crippen LogP contribution in [0.1, 0.15) is 22.8 Å². The van der Waals surface area contributed by atoms with Crippen LogP contribution in [-0.2, 0) is 17.9 Å². The van der Waals surface area contributed by atoms with Crippen LogP contribution in [0.25, 0.3) is 16.9 Å². The molecule has 0 bridgehead atoms. The summed E-state index contributed by atoms with van der Waals surface area (Å²) in [7, 11) is 0. The Kier molecular flexibility index (Phi) is 4.27. The number of furan rings is 1. The van der Waals surface area contributed by atoms with Gasteiger partial charge in [0.05, 0.1) is 11.9 Å². The zero-order valence-electron chi connectivity index (χ0n) is 15.6. The highest BCUT2D eigenvalue weighted by atomic mass is 16.3. The summed E-state index contributed by atoms with van der Waals surface area (Å²) in [6, 6.07) is 9.65. The van der Waals surface area contributed by atoms with Crippen LogP contribution in [-0.4, -0.2) is 25.2 Å². The van der Waals surface area contributed by atoms with Crippen LogP contribution in [0.5, 0.6) is 0 Å². The van der Waals surface area contributed by atoms with Crippen molar-refractivity contribution in [1.82, 2.24) is 24.6 Å². The topological polar surface area (TPSA) is 77.9 Å². The molecule has 0 atom stereocenters. The van der Waals surface area contributed by atoms with Crippen LogP contribution in [0.15, 0.2) is 47.1 Å². The van der Waals surface area contributed by atoms with Gasteiger partial charge in [-0.05, 0) is 56.7 Å². The van der Waals surface area contributed by atoms with E-state index >= 15 is 0 Å². The standard InChI is InChI=1S/C20H21N5O2/c1-13-10-14(2)22-19-18(13)20(24-8-4-5-9-24)23-25(19)12-17(26)21-11-16-7-6-15(3)27-16/h4-10H,11-12H2,1-3H3,(H,21,26). The number of pyridine rings is 1. The Morgan fingerprint density at radius 2 is 1.96 bits per heavy atom. The molecule has 7 nitrogen and oxygen atoms in total. The van der Waals surface area contributed by atoms with Gasteiger partial charge in [0.25, 0.3) is 0 Å². The van der Waals surface area contributed by atoms with Crippen LogP contribution in [0, 0.1) is 20.8 Å². The maximum atomic E-state index is 12.5. The van der Waals surface area contributed by atoms with Gasteiger partial charge >= 0.3 is 0 Å². The van der Waals surface area contributed by atoms with E-state index in [1.807, 2.05) is 68.1 Å². The third-order valence-electron chi connectivity index (χ3n) is 4.41. The molecule has 0 saturated carbocycles. The minimum Gasteiger partial charge on any atom is -0.465 e. The second kappa shape index (κ2) is 6.75. The SMILES string of the molecule is Cc1cc(C)c2c(-n3cccc3)nn(CC(=O)NCc3ccc(C)o3)c2n1. The quantitative estimate of drug-likeness (QED) is 0.591. The molecule has 0 fully saturated rings. The zero-order valence-corrected chi connectivity index (χ0v) is 15.6. The largest absolute Gasteiger partial charge is 0.465 e. The molecule has 4 rings (SSSR count). The number of aromatic nitrogens is 4. The lowest BCUT2D eigenvalue weighted by Gasteiger charge is -2.05. The molecule has 138 valence electrons. The number of aryl methyl sites for hydroxylation is 3. The summed E-state index contributed by atoms with van der Waals surface area (Å²) >= 11 is 0. The van der Waals surface area contributed by atoms with Gasteiger partial charge in [0, 0.05) is 18.1 Å². The predicted molar refractivity (Wildman–Crippen MR) is 102 cm³/mol. The normalized spacial score (nSPS) is 11.2. The van der Waals surface area contributed by atoms with Crippen molar-refractivity contribution in [3.05, 3.63) is 65.5 Å². The molecule has 0 saturated heterocycles. The van der Waals surface area contributed by atoms with Gasteiger partial charge in [-0.3, -0.25) is 4.79 Å². The van der Waals surface area contributed by atoms with Gasteiger partial charge in [0.2, 0.25) is 5.91 Å². The smallest absolute Gasteiger partial charge is 0.242 e. The minimum absolute atomic E-state index is 0.0906. The molecule has 0 unspecified atom stereocenters. The van der Waals surface area contributed by atoms with E-state index in [9.17, 15) is 4.79 Å². The van der Waals surface area contributed by atoms with Crippen molar-refractivity contribution in [2.45, 2.75) is 33.9 Å². The Morgan fingerprint density at radius 3 is 2.67 bits per heavy atom. The number of amides is 1. The Balaban J connectivity index is 1.64. The van der Waals surface area contributed by atoms with Crippen LogP contribution in [0.3, 0.4) is 0 Å². The average molecular weight is 363 g/mol. The van der Waals surface area contributed by atoms with Gasteiger partial charge in [-0.15, -0.1) is 0 Å². The van der Waals surface area contributed by atoms with E-state index in [-0.39, 0.29) is 12.5 Å². The molecule has 0 radical (unpaired) electrons. The monoisotopic (exact) mass is 363 g/mol. The van der Waals surface area contributed by atoms with E-state index < -0.39 is 0 Å². The molecule has 0 aliphatic rings. The number of carbonyl (C=O) groups is 1. The summed E-state index contributed by atoms with van der Waals surface area (Å²) in [5, 5.41) is 8.49. The van der Waals surface area contributed by atoms with Crippen molar-refractivity contribution in [1.29, 1.82) is 0 Å². The van der Waals surface area contributed by atoms with Crippen molar-refractivity contribution in [3.8, 4) is 5.82 Å². The highest BCUT2D eigenvalue weighted by Crippen LogP contribution is 2.25. The van der Waals surface area contributed by atoms with Gasteiger partial charge < -0.3 is 14.3 Å². The van der Waals surface area contributed by atoms with Crippen LogP contribution in [0.2, 0.25) is 0 Å². The molecule has 0 aromatic carbocycles. The third-order valence-corrected chi connectivity index (χ3v) is 4.41. The van der Waals surface area contributed by atoms with E-state index in [2.05, 4.69) is 15.4 Å². The van der Waals surface area contributed by atoms with E-state index in [4.69, 9.17) is 4.42 Å². The molecule has 4 heterocycles. The van der Waals surface area contributed by atoms with Gasteiger partial charge in [-0.25, -0.2) is 9.67 Å². The van der Waals surface area contributed by atoms with Crippen LogP contribution < -0.4 is 5.32 Å². The fraction of sp³-hybridized carbons (Fsp3) is 0.250. The average Bonchev–Trinajstić information content (AvgIpc) is 3.33. The Bertz CT molecular complexity index is 1110. The molecule has 0 spiro atoms. The maximum Gasteiger partial charge on any atom is 0.242 e. The fourth-order valence-electron chi connectivity index (χ4n) is 3.22. The minimum atomic E-state index is -0.145. The second-order valence-corrected chi connectivity index (χ2v) is 6.64. The van der Waals surface area contributed by atoms with Gasteiger partial charge in [-0.1, -0.05) is 0 Å². The van der Waals surface area contributed by atoms with Gasteiger partial charge in [0.1, 0.15) is 18.1 Å². The number of hydrogen-bond acceptors (Lipinski definition) is 4. The lowest BCUT2D eigenvalue weighted by Crippen LogP contribution is -2.27. The fourth-order valence-corrected chi connectivity index (χ4v) is 3.22. The number of nitrogens with one attached hydrogen (secondary N) is 1. The predicted octanol–water partition coefficient (Wildman–Crippen LogP) is 3.06. The summed E-state index contributed by atoms with van der Waals surface area (Å²) in [6.45, 7) is 6.29. The highest BCUT2D eigenvalue weighted by Gasteiger charge is 2.17. The summed E-state index contributed by atoms with van der Waals surface area (Å²) in [4.78, 5) is 17.1. The first-order valence-corrected chi connectivity index (χ1v) is 8.81. The summed E-state index contributed by atoms with van der Waals surface area (Å²) in [5.74, 6) is 2.18. The molecule has 4 aromatic heterocycles. The second-order valence-electron chi connectivity index (χ2n) is 6.64. The van der Waals surface area contributed by atoms with Crippen molar-refractivity contribution in [3.63, 3.8) is 0 Å². The number of nitrogens with zero attached hydrogens (tertiary/aromatic N) is 4. The first-order chi connectivity index (χ1) is 13.0. The molecule has 4 aromatic rings. The molecule has 0 aliphatic heterocycles. The van der Waals surface area contributed by atoms with Crippen LogP contribution >= 0.6 is 0 Å². The number of fused-ring (bicyclic) bond motifs is 1. The number of carbonyl (C=O) groups excluding carboxylic acids is 1. The lowest BCUT2D eigenvalue weighted by molar-refractivity contribution is -0.122. The zero-order chi connectivity index (χ0) is 19.0. The van der Waals surface area contributed by atoms with E-state index in [0.29, 0.717) is 12.2 Å².